The van der Waals surface area contributed by atoms with E-state index in [4.69, 9.17) is 5.73 Å². The summed E-state index contributed by atoms with van der Waals surface area (Å²) in [5, 5.41) is 10.0. The number of aliphatic hydroxyl groups is 1. The number of benzene rings is 1. The van der Waals surface area contributed by atoms with E-state index in [1.54, 1.807) is 0 Å². The zero-order valence-corrected chi connectivity index (χ0v) is 11.9. The van der Waals surface area contributed by atoms with E-state index in [0.717, 1.165) is 14.5 Å². The summed E-state index contributed by atoms with van der Waals surface area (Å²) < 4.78 is 1.89. The van der Waals surface area contributed by atoms with Crippen LogP contribution in [0.2, 0.25) is 0 Å². The van der Waals surface area contributed by atoms with Crippen LogP contribution in [0, 0.1) is 5.92 Å². The fourth-order valence-electron chi connectivity index (χ4n) is 1.28. The van der Waals surface area contributed by atoms with Crippen LogP contribution in [0.25, 0.3) is 0 Å². The van der Waals surface area contributed by atoms with Crippen LogP contribution in [0.5, 0.6) is 0 Å². The summed E-state index contributed by atoms with van der Waals surface area (Å²) in [5.41, 5.74) is 6.74. The van der Waals surface area contributed by atoms with E-state index in [1.165, 1.54) is 0 Å². The third-order valence-electron chi connectivity index (χ3n) is 2.42. The van der Waals surface area contributed by atoms with Gasteiger partial charge in [0.25, 0.3) is 0 Å². The Morgan fingerprint density at radius 1 is 1.20 bits per heavy atom. The average molecular weight is 337 g/mol. The average Bonchev–Trinajstić information content (AvgIpc) is 2.19. The summed E-state index contributed by atoms with van der Waals surface area (Å²) in [4.78, 5) is 0. The Morgan fingerprint density at radius 3 is 2.27 bits per heavy atom. The SMILES string of the molecule is CC(C)C(N)C(O)c1ccc(Br)c(Br)c1. The van der Waals surface area contributed by atoms with Crippen molar-refractivity contribution in [3.05, 3.63) is 32.7 Å². The molecule has 3 N–H and O–H groups in total. The van der Waals surface area contributed by atoms with E-state index >= 15 is 0 Å². The summed E-state index contributed by atoms with van der Waals surface area (Å²) in [6, 6.07) is 5.42. The van der Waals surface area contributed by atoms with Crippen LogP contribution >= 0.6 is 31.9 Å². The molecule has 0 aromatic heterocycles. The molecule has 0 radical (unpaired) electrons. The Labute approximate surface area is 107 Å². The molecule has 0 bridgehead atoms. The van der Waals surface area contributed by atoms with Crippen molar-refractivity contribution in [2.24, 2.45) is 11.7 Å². The van der Waals surface area contributed by atoms with Crippen molar-refractivity contribution in [2.45, 2.75) is 26.0 Å². The van der Waals surface area contributed by atoms with Crippen LogP contribution in [0.3, 0.4) is 0 Å². The lowest BCUT2D eigenvalue weighted by Crippen LogP contribution is -2.33. The van der Waals surface area contributed by atoms with Gasteiger partial charge in [0, 0.05) is 15.0 Å². The second-order valence-corrected chi connectivity index (χ2v) is 5.65. The normalized spacial score (nSPS) is 15.4. The molecule has 0 amide bonds. The largest absolute Gasteiger partial charge is 0.387 e. The minimum Gasteiger partial charge on any atom is -0.387 e. The molecular formula is C11H15Br2NO. The fourth-order valence-corrected chi connectivity index (χ4v) is 1.93. The first-order valence-electron chi connectivity index (χ1n) is 4.82. The number of halogens is 2. The quantitative estimate of drug-likeness (QED) is 0.890. The molecule has 1 aromatic carbocycles. The van der Waals surface area contributed by atoms with Crippen molar-refractivity contribution < 1.29 is 5.11 Å². The van der Waals surface area contributed by atoms with Gasteiger partial charge in [-0.25, -0.2) is 0 Å². The van der Waals surface area contributed by atoms with Gasteiger partial charge >= 0.3 is 0 Å². The Morgan fingerprint density at radius 2 is 1.80 bits per heavy atom. The zero-order chi connectivity index (χ0) is 11.6. The maximum Gasteiger partial charge on any atom is 0.0943 e. The van der Waals surface area contributed by atoms with Crippen molar-refractivity contribution in [1.29, 1.82) is 0 Å². The Kier molecular flexibility index (Phi) is 4.77. The van der Waals surface area contributed by atoms with E-state index in [1.807, 2.05) is 32.0 Å². The zero-order valence-electron chi connectivity index (χ0n) is 8.74. The molecule has 2 unspecified atom stereocenters. The predicted octanol–water partition coefficient (Wildman–Crippen LogP) is 3.23. The topological polar surface area (TPSA) is 46.2 Å². The van der Waals surface area contributed by atoms with E-state index in [9.17, 15) is 5.11 Å². The van der Waals surface area contributed by atoms with Crippen LogP contribution in [-0.4, -0.2) is 11.1 Å². The standard InChI is InChI=1S/C11H15Br2NO/c1-6(2)10(14)11(15)7-3-4-8(12)9(13)5-7/h3-6,10-11,15H,14H2,1-2H3. The van der Waals surface area contributed by atoms with Gasteiger partial charge in [-0.15, -0.1) is 0 Å². The van der Waals surface area contributed by atoms with Gasteiger partial charge in [-0.1, -0.05) is 19.9 Å². The number of rotatable bonds is 3. The molecule has 0 saturated heterocycles. The summed E-state index contributed by atoms with van der Waals surface area (Å²) >= 11 is 6.79. The second kappa shape index (κ2) is 5.43. The molecule has 2 nitrogen and oxygen atoms in total. The van der Waals surface area contributed by atoms with Gasteiger partial charge < -0.3 is 10.8 Å². The maximum absolute atomic E-state index is 10.0. The lowest BCUT2D eigenvalue weighted by atomic mass is 9.94. The molecule has 0 saturated carbocycles. The van der Waals surface area contributed by atoms with Crippen LogP contribution in [0.15, 0.2) is 27.1 Å². The van der Waals surface area contributed by atoms with E-state index < -0.39 is 6.10 Å². The van der Waals surface area contributed by atoms with Crippen molar-refractivity contribution >= 4 is 31.9 Å². The van der Waals surface area contributed by atoms with Crippen LogP contribution in [0.4, 0.5) is 0 Å². The summed E-state index contributed by atoms with van der Waals surface area (Å²) in [6.45, 7) is 4.00. The number of hydrogen-bond acceptors (Lipinski definition) is 2. The van der Waals surface area contributed by atoms with Gasteiger partial charge in [-0.05, 0) is 55.5 Å². The molecule has 0 heterocycles. The Balaban J connectivity index is 2.91. The fraction of sp³-hybridized carbons (Fsp3) is 0.455. The molecule has 0 fully saturated rings. The molecule has 4 heteroatoms. The highest BCUT2D eigenvalue weighted by atomic mass is 79.9. The molecule has 15 heavy (non-hydrogen) atoms. The van der Waals surface area contributed by atoms with Gasteiger partial charge in [0.05, 0.1) is 6.10 Å². The first kappa shape index (κ1) is 13.2. The highest BCUT2D eigenvalue weighted by Crippen LogP contribution is 2.28. The minimum atomic E-state index is -0.616. The lowest BCUT2D eigenvalue weighted by Gasteiger charge is -2.22. The van der Waals surface area contributed by atoms with E-state index in [0.29, 0.717) is 0 Å². The molecule has 84 valence electrons. The van der Waals surface area contributed by atoms with Crippen molar-refractivity contribution in [2.75, 3.05) is 0 Å². The van der Waals surface area contributed by atoms with Gasteiger partial charge in [-0.2, -0.15) is 0 Å². The summed E-state index contributed by atoms with van der Waals surface area (Å²) in [5.74, 6) is 0.252. The maximum atomic E-state index is 10.0. The number of nitrogens with two attached hydrogens (primary N) is 1. The van der Waals surface area contributed by atoms with E-state index in [-0.39, 0.29) is 12.0 Å². The highest BCUT2D eigenvalue weighted by Gasteiger charge is 2.20. The van der Waals surface area contributed by atoms with Crippen LogP contribution in [-0.2, 0) is 0 Å². The van der Waals surface area contributed by atoms with Crippen molar-refractivity contribution in [1.82, 2.24) is 0 Å². The minimum absolute atomic E-state index is 0.238. The molecular weight excluding hydrogens is 322 g/mol. The predicted molar refractivity (Wildman–Crippen MR) is 69.6 cm³/mol. The van der Waals surface area contributed by atoms with E-state index in [2.05, 4.69) is 31.9 Å². The highest BCUT2D eigenvalue weighted by molar-refractivity contribution is 9.13. The third kappa shape index (κ3) is 3.28. The first-order valence-corrected chi connectivity index (χ1v) is 6.40. The van der Waals surface area contributed by atoms with Crippen LogP contribution in [0.1, 0.15) is 25.5 Å². The van der Waals surface area contributed by atoms with Crippen molar-refractivity contribution in [3.63, 3.8) is 0 Å². The summed E-state index contributed by atoms with van der Waals surface area (Å²) in [7, 11) is 0. The third-order valence-corrected chi connectivity index (χ3v) is 4.30. The Hall–Kier alpha value is 0.1000. The molecule has 1 aromatic rings. The molecule has 2 atom stereocenters. The monoisotopic (exact) mass is 335 g/mol. The number of hydrogen-bond donors (Lipinski definition) is 2. The van der Waals surface area contributed by atoms with Gasteiger partial charge in [-0.3, -0.25) is 0 Å². The number of aliphatic hydroxyl groups excluding tert-OH is 1. The van der Waals surface area contributed by atoms with Crippen LogP contribution < -0.4 is 5.73 Å². The molecule has 0 aliphatic rings. The second-order valence-electron chi connectivity index (χ2n) is 3.94. The first-order chi connectivity index (χ1) is 6.93. The molecule has 1 rings (SSSR count). The smallest absolute Gasteiger partial charge is 0.0943 e. The molecule has 0 aliphatic heterocycles. The van der Waals surface area contributed by atoms with Crippen molar-refractivity contribution in [3.8, 4) is 0 Å². The Bertz CT molecular complexity index is 341. The molecule has 0 spiro atoms. The summed E-state index contributed by atoms with van der Waals surface area (Å²) in [6.07, 6.45) is -0.616. The van der Waals surface area contributed by atoms with Gasteiger partial charge in [0.15, 0.2) is 0 Å². The lowest BCUT2D eigenvalue weighted by molar-refractivity contribution is 0.125. The molecule has 0 aliphatic carbocycles. The van der Waals surface area contributed by atoms with Gasteiger partial charge in [0.2, 0.25) is 0 Å². The van der Waals surface area contributed by atoms with Gasteiger partial charge in [0.1, 0.15) is 0 Å².